The minimum absolute atomic E-state index is 0.0483. The molecule has 0 saturated heterocycles. The Bertz CT molecular complexity index is 3520. The third-order valence-electron chi connectivity index (χ3n) is 13.6. The summed E-state index contributed by atoms with van der Waals surface area (Å²) < 4.78 is 2.41. The normalized spacial score (nSPS) is 16.7. The zero-order chi connectivity index (χ0) is 42.2. The molecule has 3 nitrogen and oxygen atoms in total. The van der Waals surface area contributed by atoms with Gasteiger partial charge in [-0.3, -0.25) is 4.57 Å². The van der Waals surface area contributed by atoms with Crippen molar-refractivity contribution in [3.05, 3.63) is 276 Å². The van der Waals surface area contributed by atoms with E-state index in [1.165, 1.54) is 89.1 Å². The zero-order valence-electron chi connectivity index (χ0n) is 35.0. The molecule has 9 aromatic carbocycles. The van der Waals surface area contributed by atoms with Gasteiger partial charge in [0.05, 0.1) is 28.2 Å². The number of nitrogens with one attached hydrogen (secondary N) is 1. The molecule has 2 aliphatic heterocycles. The number of benzene rings is 9. The number of allylic oxidation sites excluding steroid dienone is 2. The second-order valence-corrected chi connectivity index (χ2v) is 17.1. The molecule has 2 atom stereocenters. The number of hydrogen-bond donors (Lipinski definition) is 1. The van der Waals surface area contributed by atoms with Crippen molar-refractivity contribution in [1.29, 1.82) is 0 Å². The van der Waals surface area contributed by atoms with E-state index in [1.807, 2.05) is 0 Å². The average Bonchev–Trinajstić information content (AvgIpc) is 3.91. The number of dihydropyridines is 1. The first-order valence-corrected chi connectivity index (χ1v) is 22.2. The molecule has 1 N–H and O–H groups in total. The number of rotatable bonds is 6. The van der Waals surface area contributed by atoms with Gasteiger partial charge in [-0.15, -0.1) is 0 Å². The summed E-state index contributed by atoms with van der Waals surface area (Å²) >= 11 is 0. The van der Waals surface area contributed by atoms with Crippen LogP contribution in [0.5, 0.6) is 0 Å². The van der Waals surface area contributed by atoms with Crippen LogP contribution in [0.4, 0.5) is 0 Å². The molecule has 0 saturated carbocycles. The predicted molar refractivity (Wildman–Crippen MR) is 263 cm³/mol. The zero-order valence-corrected chi connectivity index (χ0v) is 35.0. The summed E-state index contributed by atoms with van der Waals surface area (Å²) in [6.45, 7) is 0. The largest absolute Gasteiger partial charge is 0.374 e. The van der Waals surface area contributed by atoms with Gasteiger partial charge in [0.2, 0.25) is 0 Å². The number of nitrogens with zero attached hydrogens (tertiary/aromatic N) is 2. The maximum absolute atomic E-state index is 5.35. The number of aromatic nitrogens is 2. The van der Waals surface area contributed by atoms with E-state index >= 15 is 0 Å². The van der Waals surface area contributed by atoms with Gasteiger partial charge >= 0.3 is 0 Å². The molecule has 3 heterocycles. The first kappa shape index (κ1) is 36.4. The lowest BCUT2D eigenvalue weighted by atomic mass is 9.65. The molecule has 3 aliphatic rings. The first-order valence-electron chi connectivity index (χ1n) is 22.2. The van der Waals surface area contributed by atoms with E-state index in [2.05, 4.69) is 246 Å². The lowest BCUT2D eigenvalue weighted by molar-refractivity contribution is 0.746. The lowest BCUT2D eigenvalue weighted by Crippen LogP contribution is -2.33. The van der Waals surface area contributed by atoms with E-state index < -0.39 is 5.41 Å². The molecular formula is C61H41N3. The average molecular weight is 816 g/mol. The molecule has 0 bridgehead atoms. The van der Waals surface area contributed by atoms with Crippen LogP contribution in [0.25, 0.3) is 72.8 Å². The smallest absolute Gasteiger partial charge is 0.145 e. The van der Waals surface area contributed by atoms with Crippen LogP contribution in [0.3, 0.4) is 0 Å². The van der Waals surface area contributed by atoms with Crippen LogP contribution in [0, 0.1) is 0 Å². The van der Waals surface area contributed by atoms with Crippen LogP contribution in [0.15, 0.2) is 237 Å². The highest BCUT2D eigenvalue weighted by Crippen LogP contribution is 2.61. The fourth-order valence-electron chi connectivity index (χ4n) is 10.8. The van der Waals surface area contributed by atoms with Crippen LogP contribution in [-0.4, -0.2) is 9.55 Å². The van der Waals surface area contributed by atoms with Gasteiger partial charge in [-0.1, -0.05) is 194 Å². The SMILES string of the molecule is C1=C(c2cccc(-c3cccc(-c4ccc5c(c4)C4(c6ccccc6-5)c5ccccc5-n5c(-c6ccccc6)nc6cccc4c65)c3)c2)C=C(c2ccccc2)NC1c1ccccc1. The van der Waals surface area contributed by atoms with Crippen molar-refractivity contribution in [2.45, 2.75) is 11.5 Å². The van der Waals surface area contributed by atoms with Gasteiger partial charge in [0.15, 0.2) is 0 Å². The first-order chi connectivity index (χ1) is 31.7. The molecule has 0 fully saturated rings. The maximum atomic E-state index is 5.35. The van der Waals surface area contributed by atoms with Crippen LogP contribution < -0.4 is 5.32 Å². The molecule has 10 aromatic rings. The Labute approximate surface area is 373 Å². The monoisotopic (exact) mass is 815 g/mol. The van der Waals surface area contributed by atoms with Crippen molar-refractivity contribution in [1.82, 2.24) is 14.9 Å². The Morgan fingerprint density at radius 3 is 1.75 bits per heavy atom. The third-order valence-corrected chi connectivity index (χ3v) is 13.6. The minimum Gasteiger partial charge on any atom is -0.374 e. The van der Waals surface area contributed by atoms with Crippen LogP contribution in [0.2, 0.25) is 0 Å². The van der Waals surface area contributed by atoms with Crippen molar-refractivity contribution >= 4 is 22.3 Å². The van der Waals surface area contributed by atoms with Gasteiger partial charge in [0.25, 0.3) is 0 Å². The molecule has 1 aliphatic carbocycles. The predicted octanol–water partition coefficient (Wildman–Crippen LogP) is 14.5. The topological polar surface area (TPSA) is 29.9 Å². The summed E-state index contributed by atoms with van der Waals surface area (Å²) in [4.78, 5) is 5.35. The summed E-state index contributed by atoms with van der Waals surface area (Å²) in [6, 6.07) is 82.0. The highest BCUT2D eigenvalue weighted by Gasteiger charge is 2.51. The molecule has 13 rings (SSSR count). The molecule has 64 heavy (non-hydrogen) atoms. The molecule has 0 amide bonds. The van der Waals surface area contributed by atoms with Gasteiger partial charge < -0.3 is 5.32 Å². The highest BCUT2D eigenvalue weighted by molar-refractivity contribution is 5.98. The second-order valence-electron chi connectivity index (χ2n) is 17.1. The highest BCUT2D eigenvalue weighted by atomic mass is 15.1. The number of fused-ring (bicyclic) bond motifs is 9. The molecule has 1 aromatic heterocycles. The molecule has 300 valence electrons. The summed E-state index contributed by atoms with van der Waals surface area (Å²) in [7, 11) is 0. The standard InChI is InChI=1S/C61H41N3/c1-4-17-40(18-5-1)56-38-48(39-57(62-56)41-19-6-2-7-20-41)46-26-15-24-44(36-46)43-23-14-25-45(35-43)47-33-34-50-49-27-10-11-28-51(49)61(54(50)37-47)52-29-12-13-32-58(52)64-59-53(61)30-16-31-55(59)63-60(64)42-21-8-3-9-22-42/h1-39,56,62H. The van der Waals surface area contributed by atoms with Crippen molar-refractivity contribution in [3.8, 4) is 50.5 Å². The van der Waals surface area contributed by atoms with E-state index in [0.29, 0.717) is 0 Å². The number of hydrogen-bond acceptors (Lipinski definition) is 2. The quantitative estimate of drug-likeness (QED) is 0.181. The van der Waals surface area contributed by atoms with Gasteiger partial charge in [-0.2, -0.15) is 0 Å². The van der Waals surface area contributed by atoms with E-state index in [4.69, 9.17) is 4.98 Å². The molecule has 0 radical (unpaired) electrons. The molecular weight excluding hydrogens is 775 g/mol. The van der Waals surface area contributed by atoms with Crippen molar-refractivity contribution in [2.24, 2.45) is 0 Å². The summed E-state index contributed by atoms with van der Waals surface area (Å²) in [6.07, 6.45) is 4.65. The van der Waals surface area contributed by atoms with Gasteiger partial charge in [-0.25, -0.2) is 4.98 Å². The van der Waals surface area contributed by atoms with E-state index in [0.717, 1.165) is 22.6 Å². The van der Waals surface area contributed by atoms with Crippen molar-refractivity contribution in [3.63, 3.8) is 0 Å². The Hall–Kier alpha value is -8.27. The maximum Gasteiger partial charge on any atom is 0.145 e. The Kier molecular flexibility index (Phi) is 8.19. The van der Waals surface area contributed by atoms with Gasteiger partial charge in [0.1, 0.15) is 5.82 Å². The lowest BCUT2D eigenvalue weighted by Gasteiger charge is -2.39. The molecule has 1 spiro atoms. The summed E-state index contributed by atoms with van der Waals surface area (Å²) in [5.74, 6) is 0.964. The van der Waals surface area contributed by atoms with E-state index in [-0.39, 0.29) is 6.04 Å². The Balaban J connectivity index is 0.946. The second kappa shape index (κ2) is 14.4. The Morgan fingerprint density at radius 2 is 0.984 bits per heavy atom. The fourth-order valence-corrected chi connectivity index (χ4v) is 10.8. The third kappa shape index (κ3) is 5.51. The van der Waals surface area contributed by atoms with Crippen LogP contribution in [0.1, 0.15) is 45.0 Å². The summed E-state index contributed by atoms with van der Waals surface area (Å²) in [5, 5.41) is 3.81. The van der Waals surface area contributed by atoms with Crippen LogP contribution >= 0.6 is 0 Å². The Morgan fingerprint density at radius 1 is 0.422 bits per heavy atom. The molecule has 2 unspecified atom stereocenters. The number of para-hydroxylation sites is 2. The minimum atomic E-state index is -0.541. The molecule has 3 heteroatoms. The van der Waals surface area contributed by atoms with Crippen LogP contribution in [-0.2, 0) is 5.41 Å². The van der Waals surface area contributed by atoms with E-state index in [1.54, 1.807) is 0 Å². The fraction of sp³-hybridized carbons (Fsp3) is 0.0328. The number of imidazole rings is 1. The van der Waals surface area contributed by atoms with E-state index in [9.17, 15) is 0 Å². The summed E-state index contributed by atoms with van der Waals surface area (Å²) in [5.41, 5.74) is 22.3. The van der Waals surface area contributed by atoms with Gasteiger partial charge in [-0.05, 0) is 120 Å². The van der Waals surface area contributed by atoms with Crippen molar-refractivity contribution < 1.29 is 0 Å². The van der Waals surface area contributed by atoms with Crippen molar-refractivity contribution in [2.75, 3.05) is 0 Å². The van der Waals surface area contributed by atoms with Gasteiger partial charge in [0, 0.05) is 11.3 Å².